The second-order valence-corrected chi connectivity index (χ2v) is 7.50. The highest BCUT2D eigenvalue weighted by Crippen LogP contribution is 2.25. The lowest BCUT2D eigenvalue weighted by Gasteiger charge is -2.22. The molecule has 0 aromatic rings. The Hall–Kier alpha value is -1.60. The van der Waals surface area contributed by atoms with E-state index in [0.29, 0.717) is 0 Å². The van der Waals surface area contributed by atoms with Gasteiger partial charge in [-0.05, 0) is 56.8 Å². The van der Waals surface area contributed by atoms with Gasteiger partial charge in [0.1, 0.15) is 0 Å². The Morgan fingerprint density at radius 3 is 1.62 bits per heavy atom. The van der Waals surface area contributed by atoms with Gasteiger partial charge in [0.2, 0.25) is 0 Å². The Bertz CT molecular complexity index is 486. The van der Waals surface area contributed by atoms with Gasteiger partial charge in [-0.2, -0.15) is 0 Å². The molecule has 1 nitrogen and oxygen atoms in total. The monoisotopic (exact) mass is 356 g/mol. The molecule has 0 amide bonds. The van der Waals surface area contributed by atoms with Crippen molar-refractivity contribution in [2.75, 3.05) is 6.61 Å². The van der Waals surface area contributed by atoms with E-state index in [1.54, 1.807) is 0 Å². The van der Waals surface area contributed by atoms with Gasteiger partial charge < -0.3 is 5.11 Å². The molecule has 0 aromatic heterocycles. The van der Waals surface area contributed by atoms with Crippen molar-refractivity contribution in [3.8, 4) is 0 Å². The van der Waals surface area contributed by atoms with Gasteiger partial charge in [-0.1, -0.05) is 93.7 Å². The van der Waals surface area contributed by atoms with Crippen LogP contribution in [0, 0.1) is 5.41 Å². The van der Waals surface area contributed by atoms with Crippen LogP contribution in [0.2, 0.25) is 0 Å². The minimum Gasteiger partial charge on any atom is -0.396 e. The first-order valence-electron chi connectivity index (χ1n) is 10.0. The van der Waals surface area contributed by atoms with Crippen LogP contribution >= 0.6 is 0 Å². The van der Waals surface area contributed by atoms with E-state index in [-0.39, 0.29) is 12.0 Å². The summed E-state index contributed by atoms with van der Waals surface area (Å²) < 4.78 is 0. The molecule has 0 aliphatic heterocycles. The van der Waals surface area contributed by atoms with Crippen molar-refractivity contribution >= 4 is 0 Å². The highest BCUT2D eigenvalue weighted by Gasteiger charge is 2.16. The Morgan fingerprint density at radius 2 is 1.19 bits per heavy atom. The fourth-order valence-electron chi connectivity index (χ4n) is 2.48. The molecule has 0 aliphatic carbocycles. The maximum absolute atomic E-state index is 9.28. The van der Waals surface area contributed by atoms with Crippen molar-refractivity contribution in [1.29, 1.82) is 0 Å². The summed E-state index contributed by atoms with van der Waals surface area (Å²) in [6.45, 7) is 10.6. The largest absolute Gasteiger partial charge is 0.396 e. The van der Waals surface area contributed by atoms with E-state index in [4.69, 9.17) is 0 Å². The maximum Gasteiger partial charge on any atom is 0.0485 e. The van der Waals surface area contributed by atoms with Crippen molar-refractivity contribution in [2.45, 2.75) is 72.1 Å². The van der Waals surface area contributed by atoms with Crippen LogP contribution in [-0.2, 0) is 0 Å². The molecule has 1 heteroatoms. The molecule has 26 heavy (non-hydrogen) atoms. The van der Waals surface area contributed by atoms with Gasteiger partial charge in [-0.3, -0.25) is 0 Å². The molecule has 0 heterocycles. The van der Waals surface area contributed by atoms with Gasteiger partial charge in [-0.15, -0.1) is 0 Å². The van der Waals surface area contributed by atoms with E-state index in [2.05, 4.69) is 88.1 Å². The summed E-state index contributed by atoms with van der Waals surface area (Å²) in [7, 11) is 0. The van der Waals surface area contributed by atoms with Crippen LogP contribution in [0.25, 0.3) is 0 Å². The molecular formula is C25H40O. The molecule has 0 bridgehead atoms. The number of rotatable bonds is 15. The van der Waals surface area contributed by atoms with Crippen LogP contribution in [0.1, 0.15) is 72.1 Å². The van der Waals surface area contributed by atoms with Crippen LogP contribution in [-0.4, -0.2) is 11.7 Å². The normalized spacial score (nSPS) is 13.4. The maximum atomic E-state index is 9.28. The Labute approximate surface area is 162 Å². The van der Waals surface area contributed by atoms with Crippen LogP contribution in [0.15, 0.2) is 72.9 Å². The summed E-state index contributed by atoms with van der Waals surface area (Å²) in [5, 5.41) is 9.28. The zero-order valence-corrected chi connectivity index (χ0v) is 17.3. The Morgan fingerprint density at radius 1 is 0.769 bits per heavy atom. The minimum absolute atomic E-state index is 0.0427. The van der Waals surface area contributed by atoms with Crippen LogP contribution < -0.4 is 0 Å². The Balaban J connectivity index is 3.66. The van der Waals surface area contributed by atoms with Crippen molar-refractivity contribution < 1.29 is 5.11 Å². The van der Waals surface area contributed by atoms with Gasteiger partial charge in [0.05, 0.1) is 0 Å². The summed E-state index contributed by atoms with van der Waals surface area (Å²) in [4.78, 5) is 0. The molecule has 146 valence electrons. The summed E-state index contributed by atoms with van der Waals surface area (Å²) in [6.07, 6.45) is 30.3. The highest BCUT2D eigenvalue weighted by molar-refractivity contribution is 5.03. The van der Waals surface area contributed by atoms with Gasteiger partial charge in [0.25, 0.3) is 0 Å². The van der Waals surface area contributed by atoms with Crippen molar-refractivity contribution in [3.63, 3.8) is 0 Å². The van der Waals surface area contributed by atoms with E-state index in [1.807, 2.05) is 0 Å². The van der Waals surface area contributed by atoms with Crippen LogP contribution in [0.4, 0.5) is 0 Å². The molecule has 0 saturated heterocycles. The van der Waals surface area contributed by atoms with E-state index in [9.17, 15) is 5.11 Å². The number of aliphatic hydroxyl groups is 1. The average molecular weight is 357 g/mol. The second kappa shape index (κ2) is 16.8. The molecule has 0 rings (SSSR count). The smallest absolute Gasteiger partial charge is 0.0485 e. The molecule has 0 atom stereocenters. The van der Waals surface area contributed by atoms with Gasteiger partial charge in [0.15, 0.2) is 0 Å². The van der Waals surface area contributed by atoms with Crippen LogP contribution in [0.5, 0.6) is 0 Å². The third-order valence-electron chi connectivity index (χ3n) is 3.98. The first kappa shape index (κ1) is 24.4. The lowest BCUT2D eigenvalue weighted by atomic mass is 9.86. The molecule has 0 saturated carbocycles. The van der Waals surface area contributed by atoms with Gasteiger partial charge >= 0.3 is 0 Å². The summed E-state index contributed by atoms with van der Waals surface area (Å²) in [6, 6.07) is 0. The van der Waals surface area contributed by atoms with E-state index in [0.717, 1.165) is 51.4 Å². The molecule has 1 N–H and O–H groups in total. The molecular weight excluding hydrogens is 316 g/mol. The fraction of sp³-hybridized carbons (Fsp3) is 0.520. The lowest BCUT2D eigenvalue weighted by Crippen LogP contribution is -2.17. The van der Waals surface area contributed by atoms with Crippen LogP contribution in [0.3, 0.4) is 0 Å². The zero-order valence-electron chi connectivity index (χ0n) is 17.3. The second-order valence-electron chi connectivity index (χ2n) is 7.50. The predicted molar refractivity (Wildman–Crippen MR) is 118 cm³/mol. The number of aliphatic hydroxyl groups excluding tert-OH is 1. The summed E-state index contributed by atoms with van der Waals surface area (Å²) in [5.41, 5.74) is 1.18. The third-order valence-corrected chi connectivity index (χ3v) is 3.98. The molecule has 0 radical (unpaired) electrons. The fourth-order valence-corrected chi connectivity index (χ4v) is 2.48. The zero-order chi connectivity index (χ0) is 19.5. The van der Waals surface area contributed by atoms with E-state index >= 15 is 0 Å². The average Bonchev–Trinajstić information content (AvgIpc) is 2.61. The Kier molecular flexibility index (Phi) is 15.8. The predicted octanol–water partition coefficient (Wildman–Crippen LogP) is 7.48. The number of hydrogen-bond donors (Lipinski definition) is 1. The third kappa shape index (κ3) is 17.2. The minimum atomic E-state index is -0.0427. The topological polar surface area (TPSA) is 20.2 Å². The number of hydrogen-bond acceptors (Lipinski definition) is 1. The first-order valence-corrected chi connectivity index (χ1v) is 10.0. The van der Waals surface area contributed by atoms with Crippen molar-refractivity contribution in [1.82, 2.24) is 0 Å². The molecule has 0 aromatic carbocycles. The van der Waals surface area contributed by atoms with E-state index < -0.39 is 0 Å². The summed E-state index contributed by atoms with van der Waals surface area (Å²) in [5.74, 6) is 0. The first-order chi connectivity index (χ1) is 12.5. The highest BCUT2D eigenvalue weighted by atomic mass is 16.3. The van der Waals surface area contributed by atoms with Gasteiger partial charge in [0, 0.05) is 6.61 Å². The van der Waals surface area contributed by atoms with Gasteiger partial charge in [-0.25, -0.2) is 0 Å². The molecule has 0 spiro atoms. The van der Waals surface area contributed by atoms with Crippen molar-refractivity contribution in [3.05, 3.63) is 72.9 Å². The molecule has 0 unspecified atom stereocenters. The van der Waals surface area contributed by atoms with E-state index in [1.165, 1.54) is 5.57 Å². The SMILES string of the molecule is C=C(CC/C=C\C/C=C\C/C=C\C/C=C\C/C=C\CC)CC(C)(C)CO. The van der Waals surface area contributed by atoms with Crippen molar-refractivity contribution in [2.24, 2.45) is 5.41 Å². The lowest BCUT2D eigenvalue weighted by molar-refractivity contribution is 0.159. The number of allylic oxidation sites excluding steroid dienone is 11. The standard InChI is InChI=1S/C25H40O/c1-5-6-7-8-9-10-11-12-13-14-15-16-17-18-19-20-21-24(2)22-25(3,4)23-26/h6-7,9-10,12-13,15-16,18-19,26H,2,5,8,11,14,17,20-23H2,1,3-4H3/b7-6-,10-9-,13-12-,16-15-,19-18-. The quantitative estimate of drug-likeness (QED) is 0.301. The molecule has 0 fully saturated rings. The molecule has 0 aliphatic rings. The summed E-state index contributed by atoms with van der Waals surface area (Å²) >= 11 is 0.